The van der Waals surface area contributed by atoms with Crippen LogP contribution in [0, 0.1) is 5.41 Å². The SMILES string of the molecule is Cl.NCC(=O)N1CC2(CCCCC2)CC1=O. The van der Waals surface area contributed by atoms with Crippen LogP contribution in [0.4, 0.5) is 0 Å². The summed E-state index contributed by atoms with van der Waals surface area (Å²) in [5, 5.41) is 0. The standard InChI is InChI=1S/C11H18N2O2.ClH/c12-7-10(15)13-8-11(6-9(13)14)4-2-1-3-5-11;/h1-8,12H2;1H. The van der Waals surface area contributed by atoms with Gasteiger partial charge < -0.3 is 5.73 Å². The molecule has 0 unspecified atom stereocenters. The van der Waals surface area contributed by atoms with Gasteiger partial charge in [0, 0.05) is 13.0 Å². The highest BCUT2D eigenvalue weighted by atomic mass is 35.5. The minimum Gasteiger partial charge on any atom is -0.322 e. The summed E-state index contributed by atoms with van der Waals surface area (Å²) in [4.78, 5) is 24.5. The topological polar surface area (TPSA) is 63.4 Å². The summed E-state index contributed by atoms with van der Waals surface area (Å²) in [5.41, 5.74) is 5.39. The van der Waals surface area contributed by atoms with E-state index in [4.69, 9.17) is 5.73 Å². The van der Waals surface area contributed by atoms with Crippen LogP contribution in [0.25, 0.3) is 0 Å². The molecule has 4 nitrogen and oxygen atoms in total. The Balaban J connectivity index is 0.00000128. The van der Waals surface area contributed by atoms with Gasteiger partial charge in [0.2, 0.25) is 11.8 Å². The monoisotopic (exact) mass is 246 g/mol. The number of amides is 2. The van der Waals surface area contributed by atoms with E-state index in [0.29, 0.717) is 13.0 Å². The van der Waals surface area contributed by atoms with Crippen molar-refractivity contribution < 1.29 is 9.59 Å². The predicted molar refractivity (Wildman–Crippen MR) is 63.2 cm³/mol. The van der Waals surface area contributed by atoms with Gasteiger partial charge in [-0.2, -0.15) is 0 Å². The van der Waals surface area contributed by atoms with Crippen molar-refractivity contribution >= 4 is 24.2 Å². The maximum atomic E-state index is 11.7. The van der Waals surface area contributed by atoms with Crippen LogP contribution in [-0.4, -0.2) is 29.8 Å². The molecule has 1 spiro atoms. The largest absolute Gasteiger partial charge is 0.322 e. The number of nitrogens with two attached hydrogens (primary N) is 1. The molecule has 2 aliphatic rings. The van der Waals surface area contributed by atoms with Crippen molar-refractivity contribution in [3.63, 3.8) is 0 Å². The van der Waals surface area contributed by atoms with E-state index in [1.807, 2.05) is 0 Å². The van der Waals surface area contributed by atoms with Gasteiger partial charge in [-0.15, -0.1) is 12.4 Å². The summed E-state index contributed by atoms with van der Waals surface area (Å²) in [5.74, 6) is -0.241. The zero-order valence-electron chi connectivity index (χ0n) is 9.41. The molecule has 0 bridgehead atoms. The van der Waals surface area contributed by atoms with E-state index in [0.717, 1.165) is 12.8 Å². The molecule has 92 valence electrons. The van der Waals surface area contributed by atoms with Crippen molar-refractivity contribution in [3.8, 4) is 0 Å². The maximum Gasteiger partial charge on any atom is 0.242 e. The number of nitrogens with zero attached hydrogens (tertiary/aromatic N) is 1. The molecule has 1 saturated carbocycles. The zero-order chi connectivity index (χ0) is 10.9. The second-order valence-electron chi connectivity index (χ2n) is 4.82. The third-order valence-corrected chi connectivity index (χ3v) is 3.71. The average molecular weight is 247 g/mol. The molecule has 5 heteroatoms. The minimum atomic E-state index is -0.220. The van der Waals surface area contributed by atoms with Crippen molar-refractivity contribution in [2.24, 2.45) is 11.1 Å². The Morgan fingerprint density at radius 2 is 1.94 bits per heavy atom. The minimum absolute atomic E-state index is 0. The first-order chi connectivity index (χ1) is 7.17. The van der Waals surface area contributed by atoms with Gasteiger partial charge in [-0.1, -0.05) is 19.3 Å². The summed E-state index contributed by atoms with van der Waals surface area (Å²) >= 11 is 0. The number of rotatable bonds is 1. The van der Waals surface area contributed by atoms with Gasteiger partial charge in [0.15, 0.2) is 0 Å². The molecular weight excluding hydrogens is 228 g/mol. The van der Waals surface area contributed by atoms with Gasteiger partial charge in [0.05, 0.1) is 6.54 Å². The Bertz CT molecular complexity index is 288. The zero-order valence-corrected chi connectivity index (χ0v) is 10.2. The molecule has 0 aromatic carbocycles. The van der Waals surface area contributed by atoms with E-state index >= 15 is 0 Å². The van der Waals surface area contributed by atoms with E-state index in [9.17, 15) is 9.59 Å². The summed E-state index contributed by atoms with van der Waals surface area (Å²) < 4.78 is 0. The number of hydrogen-bond acceptors (Lipinski definition) is 3. The van der Waals surface area contributed by atoms with E-state index in [2.05, 4.69) is 0 Å². The number of imide groups is 1. The molecule has 2 fully saturated rings. The molecule has 1 saturated heterocycles. The van der Waals surface area contributed by atoms with Crippen molar-refractivity contribution in [2.75, 3.05) is 13.1 Å². The molecule has 0 atom stereocenters. The Labute approximate surface area is 102 Å². The van der Waals surface area contributed by atoms with Gasteiger partial charge in [-0.3, -0.25) is 14.5 Å². The summed E-state index contributed by atoms with van der Waals surface area (Å²) in [7, 11) is 0. The van der Waals surface area contributed by atoms with Crippen LogP contribution in [0.2, 0.25) is 0 Å². The van der Waals surface area contributed by atoms with Crippen molar-refractivity contribution in [1.29, 1.82) is 0 Å². The van der Waals surface area contributed by atoms with Crippen LogP contribution in [-0.2, 0) is 9.59 Å². The molecule has 1 heterocycles. The first kappa shape index (κ1) is 13.5. The molecule has 1 aliphatic heterocycles. The van der Waals surface area contributed by atoms with Gasteiger partial charge >= 0.3 is 0 Å². The lowest BCUT2D eigenvalue weighted by Gasteiger charge is -2.32. The van der Waals surface area contributed by atoms with Crippen molar-refractivity contribution in [2.45, 2.75) is 38.5 Å². The Morgan fingerprint density at radius 1 is 1.31 bits per heavy atom. The fraction of sp³-hybridized carbons (Fsp3) is 0.818. The molecular formula is C11H19ClN2O2. The van der Waals surface area contributed by atoms with Crippen LogP contribution < -0.4 is 5.73 Å². The lowest BCUT2D eigenvalue weighted by molar-refractivity contribution is -0.140. The summed E-state index contributed by atoms with van der Waals surface area (Å²) in [6, 6.07) is 0. The van der Waals surface area contributed by atoms with Crippen molar-refractivity contribution in [1.82, 2.24) is 4.90 Å². The third-order valence-electron chi connectivity index (χ3n) is 3.71. The average Bonchev–Trinajstić information content (AvgIpc) is 2.55. The van der Waals surface area contributed by atoms with Crippen LogP contribution in [0.15, 0.2) is 0 Å². The molecule has 2 N–H and O–H groups in total. The molecule has 0 aromatic rings. The van der Waals surface area contributed by atoms with Gasteiger partial charge in [-0.25, -0.2) is 0 Å². The van der Waals surface area contributed by atoms with Gasteiger partial charge in [-0.05, 0) is 18.3 Å². The van der Waals surface area contributed by atoms with Gasteiger partial charge in [0.25, 0.3) is 0 Å². The molecule has 2 rings (SSSR count). The Morgan fingerprint density at radius 3 is 2.50 bits per heavy atom. The summed E-state index contributed by atoms with van der Waals surface area (Å²) in [6.07, 6.45) is 6.38. The molecule has 2 amide bonds. The first-order valence-electron chi connectivity index (χ1n) is 5.70. The highest BCUT2D eigenvalue weighted by Gasteiger charge is 2.45. The molecule has 0 radical (unpaired) electrons. The molecule has 0 aromatic heterocycles. The fourth-order valence-electron chi connectivity index (χ4n) is 2.87. The van der Waals surface area contributed by atoms with E-state index in [-0.39, 0.29) is 36.2 Å². The van der Waals surface area contributed by atoms with E-state index < -0.39 is 0 Å². The van der Waals surface area contributed by atoms with Crippen LogP contribution >= 0.6 is 12.4 Å². The number of hydrogen-bond donors (Lipinski definition) is 1. The fourth-order valence-corrected chi connectivity index (χ4v) is 2.87. The third kappa shape index (κ3) is 2.38. The highest BCUT2D eigenvalue weighted by molar-refractivity contribution is 5.98. The van der Waals surface area contributed by atoms with Crippen LogP contribution in [0.5, 0.6) is 0 Å². The number of halogens is 1. The van der Waals surface area contributed by atoms with Gasteiger partial charge in [0.1, 0.15) is 0 Å². The molecule has 1 aliphatic carbocycles. The number of carbonyl (C=O) groups is 2. The maximum absolute atomic E-state index is 11.7. The predicted octanol–water partition coefficient (Wildman–Crippen LogP) is 1.08. The highest BCUT2D eigenvalue weighted by Crippen LogP contribution is 2.44. The lowest BCUT2D eigenvalue weighted by atomic mass is 9.73. The first-order valence-corrected chi connectivity index (χ1v) is 5.70. The van der Waals surface area contributed by atoms with Crippen LogP contribution in [0.3, 0.4) is 0 Å². The van der Waals surface area contributed by atoms with Crippen LogP contribution in [0.1, 0.15) is 38.5 Å². The molecule has 16 heavy (non-hydrogen) atoms. The quantitative estimate of drug-likeness (QED) is 0.753. The van der Waals surface area contributed by atoms with E-state index in [1.165, 1.54) is 24.2 Å². The number of likely N-dealkylation sites (tertiary alicyclic amines) is 1. The number of carbonyl (C=O) groups excluding carboxylic acids is 2. The Hall–Kier alpha value is -0.610. The summed E-state index contributed by atoms with van der Waals surface area (Å²) in [6.45, 7) is 0.559. The lowest BCUT2D eigenvalue weighted by Crippen LogP contribution is -2.38. The van der Waals surface area contributed by atoms with Crippen molar-refractivity contribution in [3.05, 3.63) is 0 Å². The van der Waals surface area contributed by atoms with E-state index in [1.54, 1.807) is 0 Å². The normalized spacial score (nSPS) is 23.3. The Kier molecular flexibility index (Phi) is 4.33. The smallest absolute Gasteiger partial charge is 0.242 e. The second-order valence-corrected chi connectivity index (χ2v) is 4.82. The second kappa shape index (κ2) is 5.15.